The summed E-state index contributed by atoms with van der Waals surface area (Å²) in [5.41, 5.74) is 13.6. The van der Waals surface area contributed by atoms with E-state index in [9.17, 15) is 0 Å². The first kappa shape index (κ1) is 28.9. The maximum absolute atomic E-state index is 4.68. The molecule has 0 spiro atoms. The van der Waals surface area contributed by atoms with Crippen LogP contribution in [0.15, 0.2) is 140 Å². The van der Waals surface area contributed by atoms with Gasteiger partial charge in [-0.3, -0.25) is 4.98 Å². The van der Waals surface area contributed by atoms with E-state index in [0.29, 0.717) is 0 Å². The van der Waals surface area contributed by atoms with Gasteiger partial charge in [0.1, 0.15) is 0 Å². The van der Waals surface area contributed by atoms with Crippen molar-refractivity contribution in [2.24, 2.45) is 0 Å². The van der Waals surface area contributed by atoms with Crippen molar-refractivity contribution in [3.63, 3.8) is 0 Å². The molecule has 222 valence electrons. The molecule has 1 aliphatic heterocycles. The Morgan fingerprint density at radius 1 is 0.533 bits per heavy atom. The normalized spacial score (nSPS) is 16.5. The summed E-state index contributed by atoms with van der Waals surface area (Å²) in [6.07, 6.45) is 7.47. The molecule has 3 heterocycles. The molecule has 2 aromatic heterocycles. The minimum atomic E-state index is 0.0327. The Labute approximate surface area is 268 Å². The van der Waals surface area contributed by atoms with Crippen LogP contribution in [0.1, 0.15) is 52.5 Å². The third kappa shape index (κ3) is 4.71. The molecule has 0 radical (unpaired) electrons. The smallest absolute Gasteiger partial charge is 0.213 e. The van der Waals surface area contributed by atoms with E-state index in [1.807, 2.05) is 12.3 Å². The zero-order valence-corrected chi connectivity index (χ0v) is 26.8. The Balaban J connectivity index is 1.36. The SMILES string of the molecule is CCC1(C)c2ccc(-c3cccc(-c4cc(-c5ccccc5)cc(-c5ccccn5)c4)c3)cc2-c2cccc[n+]2C1(CC)CC. The fourth-order valence-corrected chi connectivity index (χ4v) is 8.01. The summed E-state index contributed by atoms with van der Waals surface area (Å²) in [6, 6.07) is 46.5. The van der Waals surface area contributed by atoms with Gasteiger partial charge in [-0.2, -0.15) is 4.57 Å². The Morgan fingerprint density at radius 3 is 1.87 bits per heavy atom. The number of hydrogen-bond donors (Lipinski definition) is 0. The van der Waals surface area contributed by atoms with E-state index in [4.69, 9.17) is 0 Å². The van der Waals surface area contributed by atoms with Crippen LogP contribution in [0, 0.1) is 0 Å². The quantitative estimate of drug-likeness (QED) is 0.170. The number of nitrogens with zero attached hydrogens (tertiary/aromatic N) is 2. The zero-order chi connectivity index (χ0) is 31.0. The summed E-state index contributed by atoms with van der Waals surface area (Å²) in [5, 5.41) is 0. The molecule has 0 fully saturated rings. The molecule has 0 saturated carbocycles. The van der Waals surface area contributed by atoms with Crippen molar-refractivity contribution in [1.82, 2.24) is 4.98 Å². The lowest BCUT2D eigenvalue weighted by Crippen LogP contribution is -2.68. The average Bonchev–Trinajstić information content (AvgIpc) is 3.12. The van der Waals surface area contributed by atoms with E-state index in [0.717, 1.165) is 30.5 Å². The minimum absolute atomic E-state index is 0.0327. The summed E-state index contributed by atoms with van der Waals surface area (Å²) in [4.78, 5) is 4.68. The molecule has 1 unspecified atom stereocenters. The number of hydrogen-bond acceptors (Lipinski definition) is 1. The molecule has 2 nitrogen and oxygen atoms in total. The van der Waals surface area contributed by atoms with E-state index in [-0.39, 0.29) is 11.0 Å². The van der Waals surface area contributed by atoms with Crippen molar-refractivity contribution in [3.05, 3.63) is 145 Å². The summed E-state index contributed by atoms with van der Waals surface area (Å²) in [5.74, 6) is 0. The highest BCUT2D eigenvalue weighted by Crippen LogP contribution is 2.51. The Morgan fingerprint density at radius 2 is 1.16 bits per heavy atom. The third-order valence-electron chi connectivity index (χ3n) is 10.6. The van der Waals surface area contributed by atoms with E-state index in [1.54, 1.807) is 0 Å². The van der Waals surface area contributed by atoms with Gasteiger partial charge in [-0.05, 0) is 101 Å². The van der Waals surface area contributed by atoms with Gasteiger partial charge in [0, 0.05) is 36.7 Å². The van der Waals surface area contributed by atoms with E-state index in [2.05, 4.69) is 165 Å². The van der Waals surface area contributed by atoms with Gasteiger partial charge in [0.15, 0.2) is 11.7 Å². The van der Waals surface area contributed by atoms with Crippen molar-refractivity contribution in [1.29, 1.82) is 0 Å². The van der Waals surface area contributed by atoms with E-state index < -0.39 is 0 Å². The number of fused-ring (bicyclic) bond motifs is 3. The van der Waals surface area contributed by atoms with Crippen molar-refractivity contribution in [2.45, 2.75) is 57.9 Å². The van der Waals surface area contributed by atoms with Crippen molar-refractivity contribution in [2.75, 3.05) is 0 Å². The molecule has 0 bridgehead atoms. The summed E-state index contributed by atoms with van der Waals surface area (Å²) in [6.45, 7) is 9.57. The molecule has 0 saturated heterocycles. The predicted molar refractivity (Wildman–Crippen MR) is 188 cm³/mol. The summed E-state index contributed by atoms with van der Waals surface area (Å²) < 4.78 is 2.59. The number of aromatic nitrogens is 2. The van der Waals surface area contributed by atoms with E-state index >= 15 is 0 Å². The van der Waals surface area contributed by atoms with Gasteiger partial charge in [-0.25, -0.2) is 0 Å². The van der Waals surface area contributed by atoms with Crippen molar-refractivity contribution >= 4 is 0 Å². The molecule has 1 aliphatic rings. The summed E-state index contributed by atoms with van der Waals surface area (Å²) in [7, 11) is 0. The lowest BCUT2D eigenvalue weighted by Gasteiger charge is -2.47. The van der Waals surface area contributed by atoms with Gasteiger partial charge >= 0.3 is 0 Å². The van der Waals surface area contributed by atoms with Crippen LogP contribution >= 0.6 is 0 Å². The van der Waals surface area contributed by atoms with Gasteiger partial charge < -0.3 is 0 Å². The third-order valence-corrected chi connectivity index (χ3v) is 10.6. The summed E-state index contributed by atoms with van der Waals surface area (Å²) >= 11 is 0. The largest absolute Gasteiger partial charge is 0.256 e. The fourth-order valence-electron chi connectivity index (χ4n) is 8.01. The van der Waals surface area contributed by atoms with Crippen LogP contribution in [0.3, 0.4) is 0 Å². The molecule has 0 aliphatic carbocycles. The zero-order valence-electron chi connectivity index (χ0n) is 26.8. The maximum Gasteiger partial charge on any atom is 0.213 e. The highest BCUT2D eigenvalue weighted by atomic mass is 15.1. The molecule has 0 N–H and O–H groups in total. The van der Waals surface area contributed by atoms with Crippen LogP contribution in [-0.2, 0) is 11.0 Å². The molecular formula is C43H41N2+. The fraction of sp³-hybridized carbons (Fsp3) is 0.209. The number of pyridine rings is 2. The van der Waals surface area contributed by atoms with Crippen LogP contribution in [-0.4, -0.2) is 4.98 Å². The number of benzene rings is 4. The highest BCUT2D eigenvalue weighted by molar-refractivity contribution is 5.83. The lowest BCUT2D eigenvalue weighted by molar-refractivity contribution is -0.769. The van der Waals surface area contributed by atoms with Crippen LogP contribution in [0.2, 0.25) is 0 Å². The lowest BCUT2D eigenvalue weighted by atomic mass is 9.58. The van der Waals surface area contributed by atoms with Crippen LogP contribution in [0.5, 0.6) is 0 Å². The second-order valence-corrected chi connectivity index (χ2v) is 12.6. The molecule has 45 heavy (non-hydrogen) atoms. The molecule has 1 atom stereocenters. The van der Waals surface area contributed by atoms with Crippen LogP contribution in [0.25, 0.3) is 55.9 Å². The van der Waals surface area contributed by atoms with Gasteiger partial charge in [-0.15, -0.1) is 0 Å². The van der Waals surface area contributed by atoms with E-state index in [1.165, 1.54) is 50.2 Å². The minimum Gasteiger partial charge on any atom is -0.256 e. The number of rotatable bonds is 7. The molecular weight excluding hydrogens is 544 g/mol. The molecule has 6 aromatic rings. The standard InChI is InChI=1S/C43H41N2/c1-5-42(4)39-23-22-34(30-38(39)41-21-12-14-25-45(41)43(42,6-2)7-3)32-18-15-19-33(26-32)36-27-35(31-16-9-8-10-17-31)28-37(29-36)40-20-11-13-24-44-40/h8-30H,5-7H2,1-4H3/q+1. The average molecular weight is 586 g/mol. The Bertz CT molecular complexity index is 1910. The van der Waals surface area contributed by atoms with Gasteiger partial charge in [0.2, 0.25) is 5.69 Å². The van der Waals surface area contributed by atoms with Crippen LogP contribution in [0.4, 0.5) is 0 Å². The topological polar surface area (TPSA) is 16.8 Å². The first-order valence-electron chi connectivity index (χ1n) is 16.4. The van der Waals surface area contributed by atoms with Crippen LogP contribution < -0.4 is 4.57 Å². The van der Waals surface area contributed by atoms with Crippen molar-refractivity contribution in [3.8, 4) is 55.9 Å². The van der Waals surface area contributed by atoms with Gasteiger partial charge in [0.05, 0.1) is 16.7 Å². The van der Waals surface area contributed by atoms with Gasteiger partial charge in [0.25, 0.3) is 0 Å². The van der Waals surface area contributed by atoms with Crippen molar-refractivity contribution < 1.29 is 4.57 Å². The Kier molecular flexibility index (Phi) is 7.45. The maximum atomic E-state index is 4.68. The molecule has 0 amide bonds. The second kappa shape index (κ2) is 11.6. The predicted octanol–water partition coefficient (Wildman–Crippen LogP) is 10.9. The van der Waals surface area contributed by atoms with Gasteiger partial charge in [-0.1, -0.05) is 87.5 Å². The molecule has 4 aromatic carbocycles. The first-order valence-corrected chi connectivity index (χ1v) is 16.4. The first-order chi connectivity index (χ1) is 22.0. The Hall–Kier alpha value is -4.82. The molecule has 2 heteroatoms. The molecule has 7 rings (SSSR count). The monoisotopic (exact) mass is 585 g/mol. The highest BCUT2D eigenvalue weighted by Gasteiger charge is 2.58. The second-order valence-electron chi connectivity index (χ2n) is 12.6.